The maximum atomic E-state index is 12.7. The van der Waals surface area contributed by atoms with Crippen LogP contribution >= 0.6 is 0 Å². The van der Waals surface area contributed by atoms with Crippen molar-refractivity contribution >= 4 is 12.1 Å². The summed E-state index contributed by atoms with van der Waals surface area (Å²) in [7, 11) is 1.38. The van der Waals surface area contributed by atoms with Crippen LogP contribution in [0.25, 0.3) is 11.1 Å². The molecule has 7 heteroatoms. The number of hydrogen-bond acceptors (Lipinski definition) is 6. The van der Waals surface area contributed by atoms with Gasteiger partial charge in [-0.15, -0.1) is 0 Å². The third-order valence-electron chi connectivity index (χ3n) is 6.92. The van der Waals surface area contributed by atoms with Crippen LogP contribution in [-0.2, 0) is 25.4 Å². The van der Waals surface area contributed by atoms with Gasteiger partial charge in [0.05, 0.1) is 25.9 Å². The highest BCUT2D eigenvalue weighted by molar-refractivity contribution is 5.79. The van der Waals surface area contributed by atoms with Crippen LogP contribution in [0.4, 0.5) is 4.79 Å². The summed E-state index contributed by atoms with van der Waals surface area (Å²) in [6, 6.07) is 25.6. The summed E-state index contributed by atoms with van der Waals surface area (Å²) in [4.78, 5) is 25.2. The fraction of sp³-hybridized carbons (Fsp3) is 0.310. The van der Waals surface area contributed by atoms with Crippen molar-refractivity contribution in [2.75, 3.05) is 33.5 Å². The Morgan fingerprint density at radius 3 is 2.14 bits per heavy atom. The number of hydrogen-bond donors (Lipinski definition) is 2. The molecule has 1 aliphatic heterocycles. The van der Waals surface area contributed by atoms with Crippen LogP contribution < -0.4 is 10.6 Å². The number of alkyl carbamates (subject to hydrolysis) is 1. The number of carbonyl (C=O) groups excluding carboxylic acids is 2. The van der Waals surface area contributed by atoms with Crippen molar-refractivity contribution in [2.24, 2.45) is 0 Å². The maximum absolute atomic E-state index is 12.7. The molecule has 36 heavy (non-hydrogen) atoms. The van der Waals surface area contributed by atoms with E-state index in [2.05, 4.69) is 34.9 Å². The van der Waals surface area contributed by atoms with Gasteiger partial charge >= 0.3 is 12.1 Å². The average Bonchev–Trinajstić information content (AvgIpc) is 3.22. The number of rotatable bonds is 9. The van der Waals surface area contributed by atoms with E-state index in [1.807, 2.05) is 54.6 Å². The van der Waals surface area contributed by atoms with Crippen molar-refractivity contribution in [2.45, 2.75) is 23.9 Å². The highest BCUT2D eigenvalue weighted by Gasteiger charge is 2.42. The molecule has 0 bridgehead atoms. The fourth-order valence-corrected chi connectivity index (χ4v) is 5.03. The van der Waals surface area contributed by atoms with Crippen molar-refractivity contribution in [1.29, 1.82) is 0 Å². The summed E-state index contributed by atoms with van der Waals surface area (Å²) >= 11 is 0. The molecule has 2 aliphatic rings. The Morgan fingerprint density at radius 2 is 1.56 bits per heavy atom. The van der Waals surface area contributed by atoms with Gasteiger partial charge in [0, 0.05) is 12.5 Å². The van der Waals surface area contributed by atoms with E-state index in [1.54, 1.807) is 0 Å². The number of nitrogens with one attached hydrogen (secondary N) is 2. The van der Waals surface area contributed by atoms with E-state index in [4.69, 9.17) is 14.2 Å². The zero-order valence-corrected chi connectivity index (χ0v) is 20.2. The van der Waals surface area contributed by atoms with E-state index in [0.29, 0.717) is 19.6 Å². The Kier molecular flexibility index (Phi) is 7.02. The summed E-state index contributed by atoms with van der Waals surface area (Å²) in [6.45, 7) is 1.26. The lowest BCUT2D eigenvalue weighted by Crippen LogP contribution is -2.69. The zero-order chi connectivity index (χ0) is 25.0. The Labute approximate surface area is 210 Å². The Balaban J connectivity index is 1.19. The van der Waals surface area contributed by atoms with Gasteiger partial charge in [-0.2, -0.15) is 0 Å². The fourth-order valence-electron chi connectivity index (χ4n) is 5.03. The lowest BCUT2D eigenvalue weighted by molar-refractivity contribution is -0.146. The van der Waals surface area contributed by atoms with Gasteiger partial charge < -0.3 is 19.5 Å². The van der Waals surface area contributed by atoms with Gasteiger partial charge in [-0.25, -0.2) is 4.79 Å². The van der Waals surface area contributed by atoms with Crippen molar-refractivity contribution in [3.8, 4) is 11.1 Å². The summed E-state index contributed by atoms with van der Waals surface area (Å²) < 4.78 is 16.1. The standard InChI is InChI=1S/C29H30N2O5/c1-34-27(32)26(15-20-9-3-2-4-10-20)31-29(18-35-19-29)17-30-28(33)36-16-25-23-13-7-5-11-21(23)22-12-6-8-14-24(22)25/h2-14,25-26,31H,15-19H2,1H3,(H,30,33)/t26-/m0/s1. The molecule has 2 N–H and O–H groups in total. The number of amides is 1. The molecule has 1 aliphatic carbocycles. The molecule has 7 nitrogen and oxygen atoms in total. The predicted molar refractivity (Wildman–Crippen MR) is 136 cm³/mol. The molecule has 3 aromatic carbocycles. The lowest BCUT2D eigenvalue weighted by Gasteiger charge is -2.44. The minimum absolute atomic E-state index is 0.00292. The van der Waals surface area contributed by atoms with Crippen LogP contribution in [0.15, 0.2) is 78.9 Å². The van der Waals surface area contributed by atoms with Crippen molar-refractivity contribution in [3.05, 3.63) is 95.6 Å². The van der Waals surface area contributed by atoms with E-state index in [0.717, 1.165) is 5.56 Å². The second-order valence-corrected chi connectivity index (χ2v) is 9.36. The van der Waals surface area contributed by atoms with Crippen LogP contribution in [0.1, 0.15) is 22.6 Å². The lowest BCUT2D eigenvalue weighted by atomic mass is 9.94. The number of ether oxygens (including phenoxy) is 3. The second kappa shape index (κ2) is 10.5. The largest absolute Gasteiger partial charge is 0.468 e. The predicted octanol–water partition coefficient (Wildman–Crippen LogP) is 3.67. The van der Waals surface area contributed by atoms with Gasteiger partial charge in [0.1, 0.15) is 12.6 Å². The minimum atomic E-state index is -0.570. The molecule has 1 amide bonds. The topological polar surface area (TPSA) is 85.9 Å². The normalized spacial score (nSPS) is 16.2. The van der Waals surface area contributed by atoms with E-state index in [9.17, 15) is 9.59 Å². The van der Waals surface area contributed by atoms with Crippen molar-refractivity contribution < 1.29 is 23.8 Å². The number of carbonyl (C=O) groups is 2. The van der Waals surface area contributed by atoms with Crippen molar-refractivity contribution in [1.82, 2.24) is 10.6 Å². The van der Waals surface area contributed by atoms with Crippen LogP contribution in [-0.4, -0.2) is 57.1 Å². The summed E-state index contributed by atoms with van der Waals surface area (Å²) in [5.41, 5.74) is 5.14. The molecule has 1 fully saturated rings. The smallest absolute Gasteiger partial charge is 0.407 e. The first-order valence-electron chi connectivity index (χ1n) is 12.1. The van der Waals surface area contributed by atoms with Gasteiger partial charge in [-0.1, -0.05) is 78.9 Å². The molecule has 0 saturated carbocycles. The van der Waals surface area contributed by atoms with Gasteiger partial charge in [0.15, 0.2) is 0 Å². The van der Waals surface area contributed by atoms with Crippen LogP contribution in [0.3, 0.4) is 0 Å². The van der Waals surface area contributed by atoms with Crippen LogP contribution in [0.2, 0.25) is 0 Å². The summed E-state index contributed by atoms with van der Waals surface area (Å²) in [5, 5.41) is 6.24. The number of esters is 1. The highest BCUT2D eigenvalue weighted by atomic mass is 16.5. The molecule has 0 unspecified atom stereocenters. The van der Waals surface area contributed by atoms with Crippen LogP contribution in [0.5, 0.6) is 0 Å². The number of methoxy groups -OCH3 is 1. The van der Waals surface area contributed by atoms with Gasteiger partial charge in [-0.3, -0.25) is 10.1 Å². The molecular weight excluding hydrogens is 456 g/mol. The molecule has 1 heterocycles. The van der Waals surface area contributed by atoms with E-state index in [-0.39, 0.29) is 25.0 Å². The Hall–Kier alpha value is -3.68. The third kappa shape index (κ3) is 4.98. The molecule has 0 radical (unpaired) electrons. The molecule has 3 aromatic rings. The number of fused-ring (bicyclic) bond motifs is 3. The van der Waals surface area contributed by atoms with Crippen LogP contribution in [0, 0.1) is 0 Å². The van der Waals surface area contributed by atoms with Gasteiger partial charge in [0.25, 0.3) is 0 Å². The Bertz CT molecular complexity index is 1180. The first-order valence-corrected chi connectivity index (χ1v) is 12.1. The molecule has 186 valence electrons. The van der Waals surface area contributed by atoms with Crippen molar-refractivity contribution in [3.63, 3.8) is 0 Å². The molecule has 1 atom stereocenters. The number of benzene rings is 3. The third-order valence-corrected chi connectivity index (χ3v) is 6.92. The van der Waals surface area contributed by atoms with E-state index >= 15 is 0 Å². The average molecular weight is 487 g/mol. The quantitative estimate of drug-likeness (QED) is 0.449. The van der Waals surface area contributed by atoms with Gasteiger partial charge in [-0.05, 0) is 34.2 Å². The maximum Gasteiger partial charge on any atom is 0.407 e. The zero-order valence-electron chi connectivity index (χ0n) is 20.2. The molecule has 0 aromatic heterocycles. The highest BCUT2D eigenvalue weighted by Crippen LogP contribution is 2.44. The molecular formula is C29H30N2O5. The van der Waals surface area contributed by atoms with E-state index < -0.39 is 17.7 Å². The summed E-state index contributed by atoms with van der Waals surface area (Å²) in [6.07, 6.45) is -0.0252. The van der Waals surface area contributed by atoms with E-state index in [1.165, 1.54) is 29.4 Å². The first-order chi connectivity index (χ1) is 17.6. The first kappa shape index (κ1) is 24.0. The monoisotopic (exact) mass is 486 g/mol. The Morgan fingerprint density at radius 1 is 0.944 bits per heavy atom. The molecule has 1 saturated heterocycles. The molecule has 5 rings (SSSR count). The minimum Gasteiger partial charge on any atom is -0.468 e. The van der Waals surface area contributed by atoms with Gasteiger partial charge in [0.2, 0.25) is 0 Å². The molecule has 0 spiro atoms. The second-order valence-electron chi connectivity index (χ2n) is 9.36. The SMILES string of the molecule is COC(=O)[C@H](Cc1ccccc1)NC1(CNC(=O)OCC2c3ccccc3-c3ccccc32)COC1. The summed E-state index contributed by atoms with van der Waals surface area (Å²) in [5.74, 6) is -0.358.